The fourth-order valence-corrected chi connectivity index (χ4v) is 5.38. The van der Waals surface area contributed by atoms with Crippen molar-refractivity contribution >= 4 is 0 Å². The molecule has 1 atom stereocenters. The Morgan fingerprint density at radius 1 is 1.12 bits per heavy atom. The Kier molecular flexibility index (Phi) is 9.63. The summed E-state index contributed by atoms with van der Waals surface area (Å²) >= 11 is 0. The molecule has 0 aliphatic carbocycles. The second kappa shape index (κ2) is 12.8. The first-order valence-corrected chi connectivity index (χ1v) is 14.0. The second-order valence-corrected chi connectivity index (χ2v) is 10.9. The molecule has 2 saturated heterocycles. The van der Waals surface area contributed by atoms with E-state index in [1.165, 1.54) is 12.5 Å². The van der Waals surface area contributed by atoms with E-state index in [4.69, 9.17) is 21.2 Å². The molecule has 0 saturated carbocycles. The van der Waals surface area contributed by atoms with Crippen LogP contribution in [0, 0.1) is 5.82 Å². The van der Waals surface area contributed by atoms with Gasteiger partial charge in [-0.1, -0.05) is 0 Å². The maximum atomic E-state index is 13.9. The van der Waals surface area contributed by atoms with E-state index in [0.717, 1.165) is 63.5 Å². The van der Waals surface area contributed by atoms with Crippen LogP contribution in [-0.4, -0.2) is 70.9 Å². The first kappa shape index (κ1) is 30.1. The van der Waals surface area contributed by atoms with E-state index in [2.05, 4.69) is 26.6 Å². The molecule has 2 aliphatic heterocycles. The summed E-state index contributed by atoms with van der Waals surface area (Å²) in [6, 6.07) is 3.02. The minimum atomic E-state index is -4.78. The maximum Gasteiger partial charge on any atom is 0.419 e. The lowest BCUT2D eigenvalue weighted by Gasteiger charge is -2.37. The molecule has 0 bridgehead atoms. The van der Waals surface area contributed by atoms with Crippen LogP contribution in [-0.2, 0) is 17.5 Å². The molecule has 3 heterocycles. The molecule has 2 aliphatic rings. The van der Waals surface area contributed by atoms with Gasteiger partial charge in [0.25, 0.3) is 0 Å². The molecule has 5 N–H and O–H groups in total. The number of nitrogens with one attached hydrogen (secondary N) is 1. The summed E-state index contributed by atoms with van der Waals surface area (Å²) in [7, 11) is 0. The van der Waals surface area contributed by atoms with Gasteiger partial charge in [0.1, 0.15) is 17.5 Å². The summed E-state index contributed by atoms with van der Waals surface area (Å²) in [5.41, 5.74) is 11.3. The van der Waals surface area contributed by atoms with Crippen LogP contribution in [0.2, 0.25) is 0 Å². The summed E-state index contributed by atoms with van der Waals surface area (Å²) in [4.78, 5) is 9.49. The van der Waals surface area contributed by atoms with Crippen molar-refractivity contribution in [1.29, 1.82) is 0 Å². The lowest BCUT2D eigenvalue weighted by Crippen LogP contribution is -2.44. The highest BCUT2D eigenvalue weighted by molar-refractivity contribution is 5.60. The molecule has 4 rings (SSSR count). The number of rotatable bonds is 11. The topological polar surface area (TPSA) is 97.6 Å². The van der Waals surface area contributed by atoms with Gasteiger partial charge in [-0.05, 0) is 84.4 Å². The van der Waals surface area contributed by atoms with Gasteiger partial charge in [0.2, 0.25) is 0 Å². The van der Waals surface area contributed by atoms with E-state index in [0.29, 0.717) is 23.8 Å². The van der Waals surface area contributed by atoms with E-state index in [9.17, 15) is 17.6 Å². The zero-order valence-electron chi connectivity index (χ0n) is 23.5. The molecule has 8 nitrogen and oxygen atoms in total. The molecule has 1 aromatic heterocycles. The zero-order valence-corrected chi connectivity index (χ0v) is 23.5. The standard InChI is InChI=1S/C28H41F4N7O/c1-18(2)40-25(26(34)35-17-33)19(3)38-11-7-20(8-12-38)27-36-24(16-39(27)14-13-37-9-4-10-37)21-5-6-23(29)22(15-21)28(30,31)32/h5-6,15-16,18-20,35H,4,7-14,17,33-34H2,1-3H3/b26-25+. The highest BCUT2D eigenvalue weighted by Crippen LogP contribution is 2.36. The molecule has 0 radical (unpaired) electrons. The molecule has 40 heavy (non-hydrogen) atoms. The number of nitrogens with zero attached hydrogens (tertiary/aromatic N) is 4. The first-order chi connectivity index (χ1) is 19.0. The lowest BCUT2D eigenvalue weighted by atomic mass is 9.94. The van der Waals surface area contributed by atoms with Crippen LogP contribution < -0.4 is 16.8 Å². The average Bonchev–Trinajstić information content (AvgIpc) is 3.30. The first-order valence-electron chi connectivity index (χ1n) is 14.0. The molecule has 2 fully saturated rings. The minimum absolute atomic E-state index is 0.0465. The van der Waals surface area contributed by atoms with Gasteiger partial charge in [0.15, 0.2) is 5.76 Å². The van der Waals surface area contributed by atoms with Crippen LogP contribution in [0.4, 0.5) is 17.6 Å². The molecule has 1 aromatic carbocycles. The molecule has 0 amide bonds. The van der Waals surface area contributed by atoms with Crippen LogP contribution in [0.1, 0.15) is 57.3 Å². The Balaban J connectivity index is 1.55. The van der Waals surface area contributed by atoms with Crippen LogP contribution in [0.15, 0.2) is 36.0 Å². The van der Waals surface area contributed by atoms with Crippen molar-refractivity contribution in [3.05, 3.63) is 53.2 Å². The van der Waals surface area contributed by atoms with Crippen LogP contribution in [0.25, 0.3) is 11.3 Å². The number of ether oxygens (including phenoxy) is 1. The van der Waals surface area contributed by atoms with E-state index in [1.54, 1.807) is 0 Å². The third-order valence-electron chi connectivity index (χ3n) is 7.72. The van der Waals surface area contributed by atoms with Crippen LogP contribution in [0.3, 0.4) is 0 Å². The van der Waals surface area contributed by atoms with Gasteiger partial charge in [-0.3, -0.25) is 4.90 Å². The number of aromatic nitrogens is 2. The van der Waals surface area contributed by atoms with Crippen molar-refractivity contribution in [3.63, 3.8) is 0 Å². The third kappa shape index (κ3) is 7.08. The fourth-order valence-electron chi connectivity index (χ4n) is 5.38. The van der Waals surface area contributed by atoms with E-state index < -0.39 is 17.6 Å². The third-order valence-corrected chi connectivity index (χ3v) is 7.72. The Bertz CT molecular complexity index is 1170. The zero-order chi connectivity index (χ0) is 29.0. The van der Waals surface area contributed by atoms with Gasteiger partial charge in [0.05, 0.1) is 30.1 Å². The predicted octanol–water partition coefficient (Wildman–Crippen LogP) is 4.04. The van der Waals surface area contributed by atoms with Crippen LogP contribution in [0.5, 0.6) is 0 Å². The smallest absolute Gasteiger partial charge is 0.419 e. The Hall–Kier alpha value is -2.83. The van der Waals surface area contributed by atoms with E-state index in [-0.39, 0.29) is 30.3 Å². The summed E-state index contributed by atoms with van der Waals surface area (Å²) in [6.45, 7) is 11.4. The van der Waals surface area contributed by atoms with Gasteiger partial charge >= 0.3 is 6.18 Å². The van der Waals surface area contributed by atoms with Crippen LogP contribution >= 0.6 is 0 Å². The number of hydrogen-bond acceptors (Lipinski definition) is 7. The number of benzene rings is 1. The molecule has 2 aromatic rings. The lowest BCUT2D eigenvalue weighted by molar-refractivity contribution is -0.139. The number of piperidine rings is 1. The SMILES string of the molecule is CC(C)O/C(=C(\N)NCN)C(C)N1CCC(c2nc(-c3ccc(F)c(C(F)(F)F)c3)cn2CCN2CCC2)CC1. The largest absolute Gasteiger partial charge is 0.490 e. The summed E-state index contributed by atoms with van der Waals surface area (Å²) in [5.74, 6) is 0.796. The highest BCUT2D eigenvalue weighted by atomic mass is 19.4. The number of halogens is 4. The second-order valence-electron chi connectivity index (χ2n) is 10.9. The minimum Gasteiger partial charge on any atom is -0.490 e. The number of alkyl halides is 3. The summed E-state index contributed by atoms with van der Waals surface area (Å²) < 4.78 is 62.2. The predicted molar refractivity (Wildman–Crippen MR) is 146 cm³/mol. The Labute approximate surface area is 233 Å². The van der Waals surface area contributed by atoms with Gasteiger partial charge in [-0.15, -0.1) is 0 Å². The normalized spacial score (nSPS) is 18.9. The van der Waals surface area contributed by atoms with Crippen molar-refractivity contribution in [2.45, 2.75) is 70.8 Å². The van der Waals surface area contributed by atoms with Crippen molar-refractivity contribution in [2.24, 2.45) is 11.5 Å². The summed E-state index contributed by atoms with van der Waals surface area (Å²) in [5, 5.41) is 2.95. The van der Waals surface area contributed by atoms with Crippen molar-refractivity contribution in [1.82, 2.24) is 24.7 Å². The molecule has 1 unspecified atom stereocenters. The maximum absolute atomic E-state index is 13.9. The number of nitrogens with two attached hydrogens (primary N) is 2. The van der Waals surface area contributed by atoms with Crippen molar-refractivity contribution < 1.29 is 22.3 Å². The Morgan fingerprint density at radius 3 is 2.40 bits per heavy atom. The van der Waals surface area contributed by atoms with Gasteiger partial charge < -0.3 is 31.0 Å². The van der Waals surface area contributed by atoms with Crippen molar-refractivity contribution in [3.8, 4) is 11.3 Å². The molecular formula is C28H41F4N7O. The van der Waals surface area contributed by atoms with E-state index >= 15 is 0 Å². The molecule has 12 heteroatoms. The monoisotopic (exact) mass is 567 g/mol. The van der Waals surface area contributed by atoms with Crippen molar-refractivity contribution in [2.75, 3.05) is 39.4 Å². The molecule has 0 spiro atoms. The number of imidazole rings is 1. The molecule has 222 valence electrons. The fraction of sp³-hybridized carbons (Fsp3) is 0.607. The quantitative estimate of drug-likeness (QED) is 0.214. The van der Waals surface area contributed by atoms with E-state index in [1.807, 2.05) is 20.0 Å². The highest BCUT2D eigenvalue weighted by Gasteiger charge is 2.35. The van der Waals surface area contributed by atoms with Gasteiger partial charge in [0, 0.05) is 30.8 Å². The summed E-state index contributed by atoms with van der Waals surface area (Å²) in [6.07, 6.45) is -0.191. The number of likely N-dealkylation sites (tertiary alicyclic amines) is 2. The molecular weight excluding hydrogens is 526 g/mol. The van der Waals surface area contributed by atoms with Gasteiger partial charge in [-0.2, -0.15) is 13.2 Å². The average molecular weight is 568 g/mol. The Morgan fingerprint density at radius 2 is 1.82 bits per heavy atom. The van der Waals surface area contributed by atoms with Gasteiger partial charge in [-0.25, -0.2) is 9.37 Å². The number of hydrogen-bond donors (Lipinski definition) is 3.